The molecule has 0 spiro atoms. The van der Waals surface area contributed by atoms with Gasteiger partial charge in [-0.3, -0.25) is 29.0 Å². The van der Waals surface area contributed by atoms with E-state index in [1.165, 1.54) is 6.92 Å². The van der Waals surface area contributed by atoms with Gasteiger partial charge in [0.1, 0.15) is 18.1 Å². The third kappa shape index (κ3) is 12.8. The monoisotopic (exact) mass is 488 g/mol. The summed E-state index contributed by atoms with van der Waals surface area (Å²) in [5.41, 5.74) is 21.1. The fraction of sp³-hybridized carbons (Fsp3) is 0.611. The van der Waals surface area contributed by atoms with Gasteiger partial charge in [0.05, 0.1) is 12.5 Å². The molecule has 0 aliphatic heterocycles. The number of rotatable bonds is 16. The van der Waals surface area contributed by atoms with E-state index in [4.69, 9.17) is 33.1 Å². The number of carbonyl (C=O) groups excluding carboxylic acids is 4. The lowest BCUT2D eigenvalue weighted by Gasteiger charge is -2.23. The molecule has 0 saturated heterocycles. The molecule has 0 rings (SSSR count). The van der Waals surface area contributed by atoms with Crippen molar-refractivity contribution in [2.75, 3.05) is 6.54 Å². The summed E-state index contributed by atoms with van der Waals surface area (Å²) < 4.78 is 0. The van der Waals surface area contributed by atoms with Gasteiger partial charge in [0.2, 0.25) is 23.6 Å². The largest absolute Gasteiger partial charge is 0.481 e. The van der Waals surface area contributed by atoms with E-state index >= 15 is 0 Å². The number of aliphatic imine (C=N–C) groups is 1. The van der Waals surface area contributed by atoms with E-state index in [0.29, 0.717) is 0 Å². The average Bonchev–Trinajstić information content (AvgIpc) is 2.72. The van der Waals surface area contributed by atoms with Crippen LogP contribution in [0.5, 0.6) is 0 Å². The fourth-order valence-electron chi connectivity index (χ4n) is 2.54. The van der Waals surface area contributed by atoms with E-state index in [1.807, 2.05) is 0 Å². The van der Waals surface area contributed by atoms with E-state index in [-0.39, 0.29) is 38.2 Å². The van der Waals surface area contributed by atoms with E-state index in [2.05, 4.69) is 20.9 Å². The van der Waals surface area contributed by atoms with E-state index in [9.17, 15) is 28.8 Å². The van der Waals surface area contributed by atoms with Crippen LogP contribution in [0.2, 0.25) is 0 Å². The standard InChI is InChI=1S/C18H32N8O8/c1-8(14(30)26-11(17(33)34)7-12(20)27)24-16(32)10(3-2-6-23-18(21)22)25-15(31)9(19)4-5-13(28)29/h8-11H,2-7,19H2,1H3,(H2,20,27)(H,24,32)(H,25,31)(H,26,30)(H,28,29)(H,33,34)(H4,21,22,23). The van der Waals surface area contributed by atoms with Crippen LogP contribution in [-0.2, 0) is 28.8 Å². The second-order valence-electron chi connectivity index (χ2n) is 7.35. The Labute approximate surface area is 194 Å². The molecule has 34 heavy (non-hydrogen) atoms. The molecular formula is C18H32N8O8. The number of guanidine groups is 1. The number of amides is 4. The Bertz CT molecular complexity index is 799. The summed E-state index contributed by atoms with van der Waals surface area (Å²) in [6.45, 7) is 1.39. The van der Waals surface area contributed by atoms with Crippen molar-refractivity contribution in [3.63, 3.8) is 0 Å². The molecule has 16 nitrogen and oxygen atoms in total. The van der Waals surface area contributed by atoms with Crippen molar-refractivity contribution in [3.8, 4) is 0 Å². The van der Waals surface area contributed by atoms with Crippen molar-refractivity contribution in [2.24, 2.45) is 27.9 Å². The van der Waals surface area contributed by atoms with Gasteiger partial charge in [-0.05, 0) is 26.2 Å². The van der Waals surface area contributed by atoms with Gasteiger partial charge in [-0.1, -0.05) is 0 Å². The van der Waals surface area contributed by atoms with Crippen molar-refractivity contribution < 1.29 is 39.0 Å². The molecule has 0 aromatic heterocycles. The predicted octanol–water partition coefficient (Wildman–Crippen LogP) is -4.33. The van der Waals surface area contributed by atoms with Crippen LogP contribution in [0, 0.1) is 0 Å². The lowest BCUT2D eigenvalue weighted by Crippen LogP contribution is -2.56. The molecule has 0 fully saturated rings. The zero-order valence-electron chi connectivity index (χ0n) is 18.7. The lowest BCUT2D eigenvalue weighted by atomic mass is 10.1. The van der Waals surface area contributed by atoms with E-state index < -0.39 is 66.2 Å². The first-order valence-corrected chi connectivity index (χ1v) is 10.2. The van der Waals surface area contributed by atoms with Gasteiger partial charge < -0.3 is 49.1 Å². The van der Waals surface area contributed by atoms with Crippen LogP contribution in [0.25, 0.3) is 0 Å². The number of primary amides is 1. The van der Waals surface area contributed by atoms with Crippen molar-refractivity contribution >= 4 is 41.5 Å². The van der Waals surface area contributed by atoms with Crippen LogP contribution >= 0.6 is 0 Å². The van der Waals surface area contributed by atoms with Gasteiger partial charge in [0.25, 0.3) is 0 Å². The second kappa shape index (κ2) is 15.0. The molecule has 0 heterocycles. The second-order valence-corrected chi connectivity index (χ2v) is 7.35. The molecule has 0 aromatic carbocycles. The molecule has 0 saturated carbocycles. The predicted molar refractivity (Wildman–Crippen MR) is 118 cm³/mol. The number of hydrogen-bond acceptors (Lipinski definition) is 8. The maximum Gasteiger partial charge on any atom is 0.326 e. The highest BCUT2D eigenvalue weighted by atomic mass is 16.4. The SMILES string of the molecule is CC(NC(=O)C(CCCN=C(N)N)NC(=O)C(N)CCC(=O)O)C(=O)NC(CC(N)=O)C(=O)O. The van der Waals surface area contributed by atoms with Gasteiger partial charge >= 0.3 is 11.9 Å². The number of carboxylic acids is 2. The minimum Gasteiger partial charge on any atom is -0.481 e. The molecule has 16 heteroatoms. The third-order valence-electron chi connectivity index (χ3n) is 4.36. The van der Waals surface area contributed by atoms with Crippen LogP contribution in [-0.4, -0.2) is 82.5 Å². The number of carboxylic acid groups (broad SMARTS) is 2. The molecule has 0 bridgehead atoms. The van der Waals surface area contributed by atoms with Crippen LogP contribution in [0.4, 0.5) is 0 Å². The van der Waals surface area contributed by atoms with Crippen LogP contribution < -0.4 is 38.9 Å². The average molecular weight is 489 g/mol. The quantitative estimate of drug-likeness (QED) is 0.0568. The van der Waals surface area contributed by atoms with Crippen molar-refractivity contribution in [3.05, 3.63) is 0 Å². The Morgan fingerprint density at radius 3 is 1.94 bits per heavy atom. The molecule has 0 aromatic rings. The molecule has 0 radical (unpaired) electrons. The lowest BCUT2D eigenvalue weighted by molar-refractivity contribution is -0.143. The highest BCUT2D eigenvalue weighted by Gasteiger charge is 2.28. The number of carbonyl (C=O) groups is 6. The summed E-state index contributed by atoms with van der Waals surface area (Å²) in [5, 5.41) is 24.6. The number of hydrogen-bond donors (Lipinski definition) is 9. The molecule has 0 aliphatic rings. The van der Waals surface area contributed by atoms with Gasteiger partial charge in [0.15, 0.2) is 5.96 Å². The van der Waals surface area contributed by atoms with Crippen molar-refractivity contribution in [2.45, 2.75) is 63.2 Å². The summed E-state index contributed by atoms with van der Waals surface area (Å²) in [6, 6.07) is -5.23. The minimum absolute atomic E-state index is 0.0355. The van der Waals surface area contributed by atoms with E-state index in [0.717, 1.165) is 0 Å². The first-order chi connectivity index (χ1) is 15.7. The zero-order valence-corrected chi connectivity index (χ0v) is 18.7. The summed E-state index contributed by atoms with van der Waals surface area (Å²) in [6.07, 6.45) is -0.893. The zero-order chi connectivity index (χ0) is 26.4. The van der Waals surface area contributed by atoms with Crippen molar-refractivity contribution in [1.29, 1.82) is 0 Å². The summed E-state index contributed by atoms with van der Waals surface area (Å²) >= 11 is 0. The van der Waals surface area contributed by atoms with E-state index in [1.54, 1.807) is 0 Å². The van der Waals surface area contributed by atoms with Crippen molar-refractivity contribution in [1.82, 2.24) is 16.0 Å². The van der Waals surface area contributed by atoms with Crippen LogP contribution in [0.3, 0.4) is 0 Å². The highest BCUT2D eigenvalue weighted by Crippen LogP contribution is 2.03. The Morgan fingerprint density at radius 1 is 0.853 bits per heavy atom. The number of aliphatic carboxylic acids is 2. The minimum atomic E-state index is -1.59. The molecular weight excluding hydrogens is 456 g/mol. The molecule has 0 aliphatic carbocycles. The number of nitrogens with one attached hydrogen (secondary N) is 3. The number of nitrogens with two attached hydrogens (primary N) is 4. The maximum absolute atomic E-state index is 12.7. The Kier molecular flexibility index (Phi) is 13.2. The highest BCUT2D eigenvalue weighted by molar-refractivity contribution is 5.94. The fourth-order valence-corrected chi connectivity index (χ4v) is 2.54. The maximum atomic E-state index is 12.7. The normalized spacial score (nSPS) is 13.9. The number of nitrogens with zero attached hydrogens (tertiary/aromatic N) is 1. The van der Waals surface area contributed by atoms with Gasteiger partial charge in [0, 0.05) is 13.0 Å². The van der Waals surface area contributed by atoms with Gasteiger partial charge in [-0.25, -0.2) is 4.79 Å². The summed E-state index contributed by atoms with van der Waals surface area (Å²) in [5.74, 6) is -6.26. The van der Waals surface area contributed by atoms with Crippen LogP contribution in [0.15, 0.2) is 4.99 Å². The molecule has 13 N–H and O–H groups in total. The summed E-state index contributed by atoms with van der Waals surface area (Å²) in [7, 11) is 0. The molecule has 192 valence electrons. The Hall–Kier alpha value is -3.95. The Morgan fingerprint density at radius 2 is 1.44 bits per heavy atom. The first-order valence-electron chi connectivity index (χ1n) is 10.2. The summed E-state index contributed by atoms with van der Waals surface area (Å²) in [4.78, 5) is 73.8. The van der Waals surface area contributed by atoms with Gasteiger partial charge in [-0.15, -0.1) is 0 Å². The smallest absolute Gasteiger partial charge is 0.326 e. The Balaban J connectivity index is 5.22. The molecule has 4 atom stereocenters. The molecule has 4 amide bonds. The van der Waals surface area contributed by atoms with Gasteiger partial charge in [-0.2, -0.15) is 0 Å². The first kappa shape index (κ1) is 30.1. The molecule has 4 unspecified atom stereocenters. The topological polar surface area (TPSA) is 295 Å². The third-order valence-corrected chi connectivity index (χ3v) is 4.36. The van der Waals surface area contributed by atoms with Crippen LogP contribution in [0.1, 0.15) is 39.0 Å².